The van der Waals surface area contributed by atoms with Gasteiger partial charge in [0.2, 0.25) is 0 Å². The molecule has 0 aliphatic heterocycles. The van der Waals surface area contributed by atoms with Crippen LogP contribution in [0.3, 0.4) is 0 Å². The van der Waals surface area contributed by atoms with E-state index in [4.69, 9.17) is 28.3 Å². The molecule has 1 N–H and O–H groups in total. The number of anilines is 1. The second-order valence-corrected chi connectivity index (χ2v) is 7.39. The quantitative estimate of drug-likeness (QED) is 0.837. The lowest BCUT2D eigenvalue weighted by atomic mass is 10.3. The highest BCUT2D eigenvalue weighted by atomic mass is 35.5. The molecule has 0 saturated heterocycles. The summed E-state index contributed by atoms with van der Waals surface area (Å²) >= 11 is 11.6. The molecule has 2 aromatic carbocycles. The molecule has 0 bridgehead atoms. The van der Waals surface area contributed by atoms with Crippen molar-refractivity contribution >= 4 is 44.9 Å². The van der Waals surface area contributed by atoms with Gasteiger partial charge in [0.25, 0.3) is 10.0 Å². The zero-order chi connectivity index (χ0) is 17.0. The molecule has 23 heavy (non-hydrogen) atoms. The van der Waals surface area contributed by atoms with Crippen LogP contribution in [0.4, 0.5) is 5.69 Å². The molecule has 0 aliphatic carbocycles. The normalized spacial score (nSPS) is 11.2. The first-order valence-electron chi connectivity index (χ1n) is 6.56. The van der Waals surface area contributed by atoms with Crippen LogP contribution >= 0.6 is 23.2 Å². The van der Waals surface area contributed by atoms with Gasteiger partial charge in [-0.05, 0) is 48.5 Å². The summed E-state index contributed by atoms with van der Waals surface area (Å²) in [7, 11) is -3.91. The zero-order valence-corrected chi connectivity index (χ0v) is 14.1. The summed E-state index contributed by atoms with van der Waals surface area (Å²) in [5, 5.41) is 9.73. The van der Waals surface area contributed by atoms with Gasteiger partial charge in [-0.25, -0.2) is 8.42 Å². The fourth-order valence-electron chi connectivity index (χ4n) is 1.93. The molecule has 2 rings (SSSR count). The number of aliphatic carboxylic acids is 1. The molecule has 8 heteroatoms. The van der Waals surface area contributed by atoms with Crippen LogP contribution in [0.5, 0.6) is 0 Å². The van der Waals surface area contributed by atoms with Crippen LogP contribution < -0.4 is 4.31 Å². The van der Waals surface area contributed by atoms with E-state index in [0.717, 1.165) is 4.31 Å². The van der Waals surface area contributed by atoms with Gasteiger partial charge in [-0.2, -0.15) is 0 Å². The molecule has 0 saturated carbocycles. The summed E-state index contributed by atoms with van der Waals surface area (Å²) in [5.41, 5.74) is 0.339. The highest BCUT2D eigenvalue weighted by Crippen LogP contribution is 2.26. The van der Waals surface area contributed by atoms with Crippen LogP contribution in [0.25, 0.3) is 0 Å². The molecule has 2 aromatic rings. The van der Waals surface area contributed by atoms with Gasteiger partial charge in [-0.1, -0.05) is 23.2 Å². The third-order valence-corrected chi connectivity index (χ3v) is 5.39. The molecule has 0 radical (unpaired) electrons. The summed E-state index contributed by atoms with van der Waals surface area (Å²) in [6.07, 6.45) is -0.324. The number of rotatable bonds is 6. The standard InChI is InChI=1S/C15H13Cl2NO4S/c16-11-1-5-13(6-2-11)18(10-9-15(19)20)23(21,22)14-7-3-12(17)4-8-14/h1-8H,9-10H2,(H,19,20). The molecule has 0 unspecified atom stereocenters. The highest BCUT2D eigenvalue weighted by Gasteiger charge is 2.25. The number of sulfonamides is 1. The first-order valence-corrected chi connectivity index (χ1v) is 8.76. The van der Waals surface area contributed by atoms with Gasteiger partial charge in [0, 0.05) is 16.6 Å². The number of nitrogens with zero attached hydrogens (tertiary/aromatic N) is 1. The molecule has 0 fully saturated rings. The van der Waals surface area contributed by atoms with E-state index in [2.05, 4.69) is 0 Å². The Balaban J connectivity index is 2.44. The first-order chi connectivity index (χ1) is 10.8. The van der Waals surface area contributed by atoms with E-state index in [9.17, 15) is 13.2 Å². The van der Waals surface area contributed by atoms with Gasteiger partial charge in [-0.3, -0.25) is 9.10 Å². The Morgan fingerprint density at radius 3 is 1.91 bits per heavy atom. The second-order valence-electron chi connectivity index (χ2n) is 4.65. The third-order valence-electron chi connectivity index (χ3n) is 3.05. The molecular weight excluding hydrogens is 361 g/mol. The van der Waals surface area contributed by atoms with Gasteiger partial charge >= 0.3 is 5.97 Å². The van der Waals surface area contributed by atoms with Gasteiger partial charge in [-0.15, -0.1) is 0 Å². The minimum atomic E-state index is -3.91. The molecule has 0 heterocycles. The maximum absolute atomic E-state index is 12.8. The van der Waals surface area contributed by atoms with Crippen LogP contribution in [0.2, 0.25) is 10.0 Å². The average Bonchev–Trinajstić information content (AvgIpc) is 2.49. The molecule has 0 aliphatic rings. The second kappa shape index (κ2) is 7.21. The van der Waals surface area contributed by atoms with E-state index in [1.165, 1.54) is 36.4 Å². The number of carboxylic acids is 1. The number of carboxylic acid groups (broad SMARTS) is 1. The number of halogens is 2. The van der Waals surface area contributed by atoms with Crippen molar-refractivity contribution in [3.63, 3.8) is 0 Å². The predicted octanol–water partition coefficient (Wildman–Crippen LogP) is 3.66. The minimum absolute atomic E-state index is 0.0299. The van der Waals surface area contributed by atoms with Crippen LogP contribution in [0, 0.1) is 0 Å². The van der Waals surface area contributed by atoms with Gasteiger partial charge in [0.05, 0.1) is 17.0 Å². The van der Waals surface area contributed by atoms with Crippen molar-refractivity contribution in [1.29, 1.82) is 0 Å². The average molecular weight is 374 g/mol. The summed E-state index contributed by atoms with van der Waals surface area (Å²) in [6.45, 7) is -0.193. The third kappa shape index (κ3) is 4.37. The van der Waals surface area contributed by atoms with E-state index in [1.807, 2.05) is 0 Å². The summed E-state index contributed by atoms with van der Waals surface area (Å²) in [4.78, 5) is 10.9. The van der Waals surface area contributed by atoms with Gasteiger partial charge in [0.15, 0.2) is 0 Å². The summed E-state index contributed by atoms with van der Waals surface area (Å²) in [5.74, 6) is -1.09. The number of hydrogen-bond donors (Lipinski definition) is 1. The van der Waals surface area contributed by atoms with E-state index < -0.39 is 16.0 Å². The lowest BCUT2D eigenvalue weighted by Gasteiger charge is -2.24. The van der Waals surface area contributed by atoms with E-state index in [0.29, 0.717) is 15.7 Å². The monoisotopic (exact) mass is 373 g/mol. The van der Waals surface area contributed by atoms with Crippen LogP contribution in [-0.2, 0) is 14.8 Å². The SMILES string of the molecule is O=C(O)CCN(c1ccc(Cl)cc1)S(=O)(=O)c1ccc(Cl)cc1. The first kappa shape index (κ1) is 17.6. The smallest absolute Gasteiger partial charge is 0.305 e. The summed E-state index contributed by atoms with van der Waals surface area (Å²) in [6, 6.07) is 11.8. The molecule has 0 aromatic heterocycles. The van der Waals surface area contributed by atoms with Crippen LogP contribution in [0.15, 0.2) is 53.4 Å². The number of benzene rings is 2. The fraction of sp³-hybridized carbons (Fsp3) is 0.133. The van der Waals surface area contributed by atoms with Gasteiger partial charge in [0.1, 0.15) is 0 Å². The minimum Gasteiger partial charge on any atom is -0.481 e. The van der Waals surface area contributed by atoms with Crippen molar-refractivity contribution in [1.82, 2.24) is 0 Å². The molecule has 122 valence electrons. The fourth-order valence-corrected chi connectivity index (χ4v) is 3.64. The number of carbonyl (C=O) groups is 1. The molecular formula is C15H13Cl2NO4S. The lowest BCUT2D eigenvalue weighted by molar-refractivity contribution is -0.136. The lowest BCUT2D eigenvalue weighted by Crippen LogP contribution is -2.33. The van der Waals surface area contributed by atoms with Crippen molar-refractivity contribution in [2.24, 2.45) is 0 Å². The highest BCUT2D eigenvalue weighted by molar-refractivity contribution is 7.92. The maximum atomic E-state index is 12.8. The van der Waals surface area contributed by atoms with Crippen molar-refractivity contribution in [3.05, 3.63) is 58.6 Å². The van der Waals surface area contributed by atoms with E-state index >= 15 is 0 Å². The van der Waals surface area contributed by atoms with Crippen LogP contribution in [0.1, 0.15) is 6.42 Å². The Hall–Kier alpha value is -1.76. The Bertz CT molecular complexity index is 789. The molecule has 5 nitrogen and oxygen atoms in total. The van der Waals surface area contributed by atoms with Crippen molar-refractivity contribution < 1.29 is 18.3 Å². The summed E-state index contributed by atoms with van der Waals surface area (Å²) < 4.78 is 26.6. The number of hydrogen-bond acceptors (Lipinski definition) is 3. The predicted molar refractivity (Wildman–Crippen MR) is 89.7 cm³/mol. The Morgan fingerprint density at radius 2 is 1.43 bits per heavy atom. The Morgan fingerprint density at radius 1 is 0.957 bits per heavy atom. The topological polar surface area (TPSA) is 74.7 Å². The van der Waals surface area contributed by atoms with E-state index in [1.54, 1.807) is 12.1 Å². The Kier molecular flexibility index (Phi) is 5.51. The van der Waals surface area contributed by atoms with Crippen molar-refractivity contribution in [2.45, 2.75) is 11.3 Å². The maximum Gasteiger partial charge on any atom is 0.305 e. The van der Waals surface area contributed by atoms with E-state index in [-0.39, 0.29) is 17.9 Å². The van der Waals surface area contributed by atoms with Crippen molar-refractivity contribution in [2.75, 3.05) is 10.8 Å². The molecule has 0 spiro atoms. The largest absolute Gasteiger partial charge is 0.481 e. The molecule has 0 amide bonds. The van der Waals surface area contributed by atoms with Crippen molar-refractivity contribution in [3.8, 4) is 0 Å². The van der Waals surface area contributed by atoms with Crippen LogP contribution in [-0.4, -0.2) is 26.0 Å². The molecule has 0 atom stereocenters. The zero-order valence-electron chi connectivity index (χ0n) is 11.8. The Labute approximate surface area is 144 Å². The van der Waals surface area contributed by atoms with Gasteiger partial charge < -0.3 is 5.11 Å².